The summed E-state index contributed by atoms with van der Waals surface area (Å²) in [5.41, 5.74) is 8.11. The predicted molar refractivity (Wildman–Crippen MR) is 83.1 cm³/mol. The number of nitrogens with zero attached hydrogens (tertiary/aromatic N) is 3. The van der Waals surface area contributed by atoms with E-state index in [2.05, 4.69) is 15.1 Å². The Morgan fingerprint density at radius 2 is 2.00 bits per heavy atom. The molecule has 3 aromatic rings. The van der Waals surface area contributed by atoms with Gasteiger partial charge < -0.3 is 10.7 Å². The van der Waals surface area contributed by atoms with E-state index in [1.54, 1.807) is 17.8 Å². The van der Waals surface area contributed by atoms with Crippen molar-refractivity contribution in [3.05, 3.63) is 40.3 Å². The molecule has 6 heteroatoms. The molecule has 2 heterocycles. The maximum Gasteiger partial charge on any atom is 0.259 e. The molecule has 0 fully saturated rings. The molecule has 0 aliphatic heterocycles. The minimum absolute atomic E-state index is 0.173. The Hall–Kier alpha value is -2.63. The minimum Gasteiger partial charge on any atom is -0.383 e. The first-order valence-electron chi connectivity index (χ1n) is 6.81. The van der Waals surface area contributed by atoms with Crippen LogP contribution >= 0.6 is 0 Å². The average Bonchev–Trinajstić information content (AvgIpc) is 2.75. The highest BCUT2D eigenvalue weighted by Gasteiger charge is 2.20. The molecular formula is C15H17N5O. The molecule has 1 aromatic carbocycles. The number of rotatable bonds is 2. The van der Waals surface area contributed by atoms with Crippen LogP contribution in [-0.4, -0.2) is 19.7 Å². The van der Waals surface area contributed by atoms with E-state index >= 15 is 0 Å². The van der Waals surface area contributed by atoms with E-state index in [-0.39, 0.29) is 11.5 Å². The summed E-state index contributed by atoms with van der Waals surface area (Å²) in [6.45, 7) is 4.06. The fraction of sp³-hybridized carbons (Fsp3) is 0.267. The molecule has 0 radical (unpaired) electrons. The largest absolute Gasteiger partial charge is 0.383 e. The molecular weight excluding hydrogens is 266 g/mol. The summed E-state index contributed by atoms with van der Waals surface area (Å²) in [6, 6.07) is 7.24. The third-order valence-corrected chi connectivity index (χ3v) is 3.52. The van der Waals surface area contributed by atoms with E-state index in [0.717, 1.165) is 5.69 Å². The number of para-hydroxylation sites is 1. The topological polar surface area (TPSA) is 89.6 Å². The molecule has 0 bridgehead atoms. The first-order valence-corrected chi connectivity index (χ1v) is 6.81. The molecule has 0 saturated heterocycles. The Morgan fingerprint density at radius 3 is 2.71 bits per heavy atom. The van der Waals surface area contributed by atoms with E-state index in [1.165, 1.54) is 0 Å². The summed E-state index contributed by atoms with van der Waals surface area (Å²) < 4.78 is 1.61. The van der Waals surface area contributed by atoms with Crippen molar-refractivity contribution in [3.63, 3.8) is 0 Å². The van der Waals surface area contributed by atoms with Gasteiger partial charge in [-0.15, -0.1) is 0 Å². The number of nitrogen functional groups attached to an aromatic ring is 1. The van der Waals surface area contributed by atoms with Crippen LogP contribution in [0, 0.1) is 0 Å². The summed E-state index contributed by atoms with van der Waals surface area (Å²) in [6.07, 6.45) is 0. The van der Waals surface area contributed by atoms with E-state index in [1.807, 2.05) is 32.0 Å². The number of nitrogens with two attached hydrogens (primary N) is 1. The summed E-state index contributed by atoms with van der Waals surface area (Å²) in [5.74, 6) is 1.14. The molecule has 0 aliphatic rings. The quantitative estimate of drug-likeness (QED) is 0.753. The smallest absolute Gasteiger partial charge is 0.259 e. The van der Waals surface area contributed by atoms with Gasteiger partial charge in [-0.05, 0) is 18.1 Å². The van der Waals surface area contributed by atoms with Gasteiger partial charge in [0.1, 0.15) is 11.6 Å². The van der Waals surface area contributed by atoms with Crippen molar-refractivity contribution in [2.75, 3.05) is 5.73 Å². The Balaban J connectivity index is 2.33. The third-order valence-electron chi connectivity index (χ3n) is 3.52. The van der Waals surface area contributed by atoms with Crippen molar-refractivity contribution >= 4 is 16.7 Å². The first-order chi connectivity index (χ1) is 9.99. The number of hydrogen-bond donors (Lipinski definition) is 2. The van der Waals surface area contributed by atoms with E-state index < -0.39 is 0 Å². The molecule has 3 rings (SSSR count). The van der Waals surface area contributed by atoms with Gasteiger partial charge in [0.05, 0.1) is 22.2 Å². The van der Waals surface area contributed by atoms with Crippen molar-refractivity contribution in [1.82, 2.24) is 19.7 Å². The Labute approximate surface area is 121 Å². The Kier molecular flexibility index (Phi) is 3.01. The fourth-order valence-electron chi connectivity index (χ4n) is 2.41. The van der Waals surface area contributed by atoms with E-state index in [0.29, 0.717) is 28.1 Å². The van der Waals surface area contributed by atoms with Gasteiger partial charge >= 0.3 is 0 Å². The molecule has 0 saturated carbocycles. The molecule has 0 amide bonds. The summed E-state index contributed by atoms with van der Waals surface area (Å²) in [5, 5.41) is 4.99. The average molecular weight is 283 g/mol. The molecule has 3 N–H and O–H groups in total. The number of aromatic amines is 1. The number of aromatic nitrogens is 4. The van der Waals surface area contributed by atoms with Crippen molar-refractivity contribution in [2.24, 2.45) is 7.05 Å². The predicted octanol–water partition coefficient (Wildman–Crippen LogP) is 2.03. The van der Waals surface area contributed by atoms with Crippen LogP contribution in [0.3, 0.4) is 0 Å². The van der Waals surface area contributed by atoms with Crippen LogP contribution < -0.4 is 11.3 Å². The van der Waals surface area contributed by atoms with Gasteiger partial charge in [-0.1, -0.05) is 26.0 Å². The lowest BCUT2D eigenvalue weighted by molar-refractivity contribution is 0.719. The highest BCUT2D eigenvalue weighted by Crippen LogP contribution is 2.31. The standard InChI is InChI=1S/C15H17N5O/c1-8(2)12-11(13(16)20(3)19-12)14-17-10-7-5-4-6-9(10)15(21)18-14/h4-8H,16H2,1-3H3,(H,17,18,21). The van der Waals surface area contributed by atoms with Crippen LogP contribution in [0.2, 0.25) is 0 Å². The number of anilines is 1. The maximum absolute atomic E-state index is 12.2. The normalized spacial score (nSPS) is 11.4. The van der Waals surface area contributed by atoms with Crippen molar-refractivity contribution in [3.8, 4) is 11.4 Å². The molecule has 21 heavy (non-hydrogen) atoms. The summed E-state index contributed by atoms with van der Waals surface area (Å²) >= 11 is 0. The number of aryl methyl sites for hydroxylation is 1. The van der Waals surface area contributed by atoms with Crippen molar-refractivity contribution in [1.29, 1.82) is 0 Å². The second-order valence-corrected chi connectivity index (χ2v) is 5.36. The fourth-order valence-corrected chi connectivity index (χ4v) is 2.41. The molecule has 6 nitrogen and oxygen atoms in total. The maximum atomic E-state index is 12.2. The highest BCUT2D eigenvalue weighted by atomic mass is 16.1. The van der Waals surface area contributed by atoms with Crippen LogP contribution in [0.4, 0.5) is 5.82 Å². The zero-order valence-electron chi connectivity index (χ0n) is 12.2. The lowest BCUT2D eigenvalue weighted by atomic mass is 10.0. The second-order valence-electron chi connectivity index (χ2n) is 5.36. The molecule has 0 spiro atoms. The molecule has 2 aromatic heterocycles. The van der Waals surface area contributed by atoms with Gasteiger partial charge in [-0.3, -0.25) is 9.48 Å². The molecule has 0 aliphatic carbocycles. The highest BCUT2D eigenvalue weighted by molar-refractivity contribution is 5.81. The van der Waals surface area contributed by atoms with Crippen LogP contribution in [0.25, 0.3) is 22.3 Å². The van der Waals surface area contributed by atoms with E-state index in [4.69, 9.17) is 5.73 Å². The monoisotopic (exact) mass is 283 g/mol. The second kappa shape index (κ2) is 4.73. The number of benzene rings is 1. The van der Waals surface area contributed by atoms with Crippen LogP contribution in [-0.2, 0) is 7.05 Å². The van der Waals surface area contributed by atoms with Gasteiger partial charge in [0.15, 0.2) is 0 Å². The van der Waals surface area contributed by atoms with Crippen molar-refractivity contribution in [2.45, 2.75) is 19.8 Å². The van der Waals surface area contributed by atoms with Crippen LogP contribution in [0.15, 0.2) is 29.1 Å². The van der Waals surface area contributed by atoms with E-state index in [9.17, 15) is 4.79 Å². The number of H-pyrrole nitrogens is 1. The molecule has 0 unspecified atom stereocenters. The van der Waals surface area contributed by atoms with Crippen molar-refractivity contribution < 1.29 is 0 Å². The van der Waals surface area contributed by atoms with Gasteiger partial charge in [-0.25, -0.2) is 4.98 Å². The van der Waals surface area contributed by atoms with Crippen LogP contribution in [0.5, 0.6) is 0 Å². The summed E-state index contributed by atoms with van der Waals surface area (Å²) in [4.78, 5) is 19.6. The third kappa shape index (κ3) is 2.08. The Morgan fingerprint density at radius 1 is 1.29 bits per heavy atom. The number of hydrogen-bond acceptors (Lipinski definition) is 4. The summed E-state index contributed by atoms with van der Waals surface area (Å²) in [7, 11) is 1.78. The molecule has 108 valence electrons. The van der Waals surface area contributed by atoms with Gasteiger partial charge in [0.2, 0.25) is 0 Å². The number of fused-ring (bicyclic) bond motifs is 1. The Bertz CT molecular complexity index is 875. The van der Waals surface area contributed by atoms with Crippen LogP contribution in [0.1, 0.15) is 25.5 Å². The lowest BCUT2D eigenvalue weighted by Gasteiger charge is -2.06. The zero-order valence-corrected chi connectivity index (χ0v) is 12.2. The van der Waals surface area contributed by atoms with Gasteiger partial charge in [0, 0.05) is 7.05 Å². The molecule has 0 atom stereocenters. The minimum atomic E-state index is -0.173. The first kappa shape index (κ1) is 13.4. The zero-order chi connectivity index (χ0) is 15.1. The lowest BCUT2D eigenvalue weighted by Crippen LogP contribution is -2.10. The van der Waals surface area contributed by atoms with Gasteiger partial charge in [0.25, 0.3) is 5.56 Å². The van der Waals surface area contributed by atoms with Gasteiger partial charge in [-0.2, -0.15) is 5.10 Å². The number of nitrogens with one attached hydrogen (secondary N) is 1. The SMILES string of the molecule is CC(C)c1nn(C)c(N)c1-c1nc2ccccc2c(=O)[nH]1.